The number of hydrogen-bond donors (Lipinski definition) is 3. The maximum absolute atomic E-state index is 8.63. The summed E-state index contributed by atoms with van der Waals surface area (Å²) in [5.74, 6) is 0.469. The zero-order valence-electron chi connectivity index (χ0n) is 6.07. The fourth-order valence-corrected chi connectivity index (χ4v) is 0.671. The standard InChI is InChI=1S/C6H9N3O2/c1-4(9-11)6-7-2-5(3-10)8-6/h2,10-11H,3H2,1H3,(H,7,8). The summed E-state index contributed by atoms with van der Waals surface area (Å²) in [7, 11) is 0. The molecule has 0 aromatic carbocycles. The molecule has 0 unspecified atom stereocenters. The zero-order valence-corrected chi connectivity index (χ0v) is 6.07. The molecule has 0 aliphatic rings. The van der Waals surface area contributed by atoms with Gasteiger partial charge in [-0.15, -0.1) is 0 Å². The van der Waals surface area contributed by atoms with Crippen molar-refractivity contribution >= 4 is 5.71 Å². The van der Waals surface area contributed by atoms with Crippen LogP contribution in [0.5, 0.6) is 0 Å². The highest BCUT2D eigenvalue weighted by molar-refractivity contribution is 5.94. The van der Waals surface area contributed by atoms with Crippen LogP contribution >= 0.6 is 0 Å². The van der Waals surface area contributed by atoms with Crippen LogP contribution in [-0.4, -0.2) is 26.0 Å². The Labute approximate surface area is 63.4 Å². The van der Waals surface area contributed by atoms with Gasteiger partial charge in [-0.2, -0.15) is 0 Å². The number of nitrogens with zero attached hydrogens (tertiary/aromatic N) is 2. The van der Waals surface area contributed by atoms with Crippen LogP contribution in [0.15, 0.2) is 11.4 Å². The number of oxime groups is 1. The molecule has 0 aliphatic carbocycles. The molecular formula is C6H9N3O2. The first kappa shape index (κ1) is 7.74. The van der Waals surface area contributed by atoms with Crippen molar-refractivity contribution in [1.82, 2.24) is 9.97 Å². The van der Waals surface area contributed by atoms with Crippen molar-refractivity contribution in [1.29, 1.82) is 0 Å². The monoisotopic (exact) mass is 155 g/mol. The summed E-state index contributed by atoms with van der Waals surface area (Å²) in [6.45, 7) is 1.52. The lowest BCUT2D eigenvalue weighted by Crippen LogP contribution is -1.97. The van der Waals surface area contributed by atoms with E-state index in [2.05, 4.69) is 15.1 Å². The lowest BCUT2D eigenvalue weighted by molar-refractivity contribution is 0.277. The number of nitrogens with one attached hydrogen (secondary N) is 1. The molecule has 60 valence electrons. The van der Waals surface area contributed by atoms with Gasteiger partial charge in [-0.05, 0) is 6.92 Å². The Hall–Kier alpha value is -1.36. The van der Waals surface area contributed by atoms with E-state index in [4.69, 9.17) is 10.3 Å². The molecule has 0 saturated carbocycles. The molecule has 0 amide bonds. The van der Waals surface area contributed by atoms with Crippen LogP contribution in [0.2, 0.25) is 0 Å². The van der Waals surface area contributed by atoms with E-state index in [1.807, 2.05) is 0 Å². The summed E-state index contributed by atoms with van der Waals surface area (Å²) in [6, 6.07) is 0. The Morgan fingerprint density at radius 2 is 2.55 bits per heavy atom. The summed E-state index contributed by atoms with van der Waals surface area (Å²) in [5.41, 5.74) is 0.993. The molecule has 0 atom stereocenters. The lowest BCUT2D eigenvalue weighted by Gasteiger charge is -1.89. The molecule has 1 aromatic heterocycles. The highest BCUT2D eigenvalue weighted by atomic mass is 16.4. The van der Waals surface area contributed by atoms with E-state index in [-0.39, 0.29) is 6.61 Å². The van der Waals surface area contributed by atoms with Crippen LogP contribution in [0.4, 0.5) is 0 Å². The Morgan fingerprint density at radius 1 is 1.82 bits per heavy atom. The van der Waals surface area contributed by atoms with E-state index in [1.165, 1.54) is 6.20 Å². The molecule has 5 heteroatoms. The second-order valence-electron chi connectivity index (χ2n) is 2.10. The molecule has 11 heavy (non-hydrogen) atoms. The molecular weight excluding hydrogens is 146 g/mol. The first-order valence-corrected chi connectivity index (χ1v) is 3.11. The predicted octanol–water partition coefficient (Wildman–Crippen LogP) is 0.100. The van der Waals surface area contributed by atoms with Crippen LogP contribution in [0.3, 0.4) is 0 Å². The summed E-state index contributed by atoms with van der Waals surface area (Å²) < 4.78 is 0. The van der Waals surface area contributed by atoms with Gasteiger partial charge in [0.2, 0.25) is 0 Å². The lowest BCUT2D eigenvalue weighted by atomic mass is 10.4. The van der Waals surface area contributed by atoms with E-state index in [9.17, 15) is 0 Å². The third kappa shape index (κ3) is 1.56. The number of H-pyrrole nitrogens is 1. The van der Waals surface area contributed by atoms with Crippen molar-refractivity contribution < 1.29 is 10.3 Å². The first-order chi connectivity index (χ1) is 5.27. The van der Waals surface area contributed by atoms with Gasteiger partial charge in [0.25, 0.3) is 0 Å². The van der Waals surface area contributed by atoms with Crippen molar-refractivity contribution in [3.63, 3.8) is 0 Å². The minimum absolute atomic E-state index is 0.0916. The number of rotatable bonds is 2. The van der Waals surface area contributed by atoms with E-state index >= 15 is 0 Å². The van der Waals surface area contributed by atoms with Crippen LogP contribution in [0.1, 0.15) is 18.4 Å². The van der Waals surface area contributed by atoms with Crippen LogP contribution < -0.4 is 0 Å². The van der Waals surface area contributed by atoms with Crippen LogP contribution in [0.25, 0.3) is 0 Å². The number of aromatic amines is 1. The Balaban J connectivity index is 2.89. The van der Waals surface area contributed by atoms with Gasteiger partial charge in [-0.25, -0.2) is 4.98 Å². The third-order valence-electron chi connectivity index (χ3n) is 1.29. The van der Waals surface area contributed by atoms with E-state index < -0.39 is 0 Å². The topological polar surface area (TPSA) is 81.5 Å². The molecule has 0 bridgehead atoms. The molecule has 0 radical (unpaired) electrons. The fourth-order valence-electron chi connectivity index (χ4n) is 0.671. The van der Waals surface area contributed by atoms with Crippen LogP contribution in [-0.2, 0) is 6.61 Å². The minimum Gasteiger partial charge on any atom is -0.411 e. The molecule has 1 aromatic rings. The normalized spacial score (nSPS) is 12.0. The van der Waals surface area contributed by atoms with E-state index in [1.54, 1.807) is 6.92 Å². The summed E-state index contributed by atoms with van der Waals surface area (Å²) in [6.07, 6.45) is 1.49. The van der Waals surface area contributed by atoms with E-state index in [0.29, 0.717) is 17.2 Å². The van der Waals surface area contributed by atoms with Crippen LogP contribution in [0, 0.1) is 0 Å². The van der Waals surface area contributed by atoms with Gasteiger partial charge in [0.15, 0.2) is 5.82 Å². The smallest absolute Gasteiger partial charge is 0.155 e. The molecule has 0 fully saturated rings. The van der Waals surface area contributed by atoms with Crippen molar-refractivity contribution in [2.24, 2.45) is 5.16 Å². The highest BCUT2D eigenvalue weighted by Gasteiger charge is 2.01. The summed E-state index contributed by atoms with van der Waals surface area (Å²) in [4.78, 5) is 6.61. The predicted molar refractivity (Wildman–Crippen MR) is 38.5 cm³/mol. The summed E-state index contributed by atoms with van der Waals surface area (Å²) >= 11 is 0. The molecule has 0 saturated heterocycles. The second-order valence-corrected chi connectivity index (χ2v) is 2.10. The number of aromatic nitrogens is 2. The SMILES string of the molecule is CC(=NO)c1ncc(CO)[nH]1. The minimum atomic E-state index is -0.0916. The zero-order chi connectivity index (χ0) is 8.27. The van der Waals surface area contributed by atoms with Gasteiger partial charge in [-0.1, -0.05) is 5.16 Å². The maximum atomic E-state index is 8.63. The average Bonchev–Trinajstić information content (AvgIpc) is 2.50. The Morgan fingerprint density at radius 3 is 3.00 bits per heavy atom. The average molecular weight is 155 g/mol. The Bertz CT molecular complexity index is 267. The maximum Gasteiger partial charge on any atom is 0.155 e. The molecule has 0 aliphatic heterocycles. The van der Waals surface area contributed by atoms with Gasteiger partial charge < -0.3 is 15.3 Å². The first-order valence-electron chi connectivity index (χ1n) is 3.11. The number of hydrogen-bond acceptors (Lipinski definition) is 4. The van der Waals surface area contributed by atoms with Gasteiger partial charge in [-0.3, -0.25) is 0 Å². The third-order valence-corrected chi connectivity index (χ3v) is 1.29. The van der Waals surface area contributed by atoms with Crippen molar-refractivity contribution in [2.75, 3.05) is 0 Å². The molecule has 1 rings (SSSR count). The molecule has 5 nitrogen and oxygen atoms in total. The Kier molecular flexibility index (Phi) is 2.22. The van der Waals surface area contributed by atoms with Crippen molar-refractivity contribution in [3.05, 3.63) is 17.7 Å². The molecule has 3 N–H and O–H groups in total. The van der Waals surface area contributed by atoms with E-state index in [0.717, 1.165) is 0 Å². The molecule has 0 spiro atoms. The van der Waals surface area contributed by atoms with Crippen molar-refractivity contribution in [3.8, 4) is 0 Å². The quantitative estimate of drug-likeness (QED) is 0.322. The highest BCUT2D eigenvalue weighted by Crippen LogP contribution is 1.97. The van der Waals surface area contributed by atoms with Gasteiger partial charge in [0, 0.05) is 0 Å². The van der Waals surface area contributed by atoms with Crippen molar-refractivity contribution in [2.45, 2.75) is 13.5 Å². The van der Waals surface area contributed by atoms with Gasteiger partial charge in [0.05, 0.1) is 18.5 Å². The van der Waals surface area contributed by atoms with Gasteiger partial charge >= 0.3 is 0 Å². The van der Waals surface area contributed by atoms with Gasteiger partial charge in [0.1, 0.15) is 5.71 Å². The number of imidazole rings is 1. The summed E-state index contributed by atoms with van der Waals surface area (Å²) in [5, 5.41) is 19.9. The number of aliphatic hydroxyl groups excluding tert-OH is 1. The second kappa shape index (κ2) is 3.16. The molecule has 1 heterocycles. The fraction of sp³-hybridized carbons (Fsp3) is 0.333. The number of aliphatic hydroxyl groups is 1. The largest absolute Gasteiger partial charge is 0.411 e.